The van der Waals surface area contributed by atoms with E-state index in [1.165, 1.54) is 13.8 Å². The fourth-order valence-corrected chi connectivity index (χ4v) is 1.24. The third kappa shape index (κ3) is 2.00. The van der Waals surface area contributed by atoms with Gasteiger partial charge in [-0.1, -0.05) is 0 Å². The van der Waals surface area contributed by atoms with Crippen LogP contribution in [0.15, 0.2) is 18.2 Å². The summed E-state index contributed by atoms with van der Waals surface area (Å²) in [6.45, 7) is 2.67. The first-order valence-electron chi connectivity index (χ1n) is 4.44. The molecular formula is C10H10FNO4. The van der Waals surface area contributed by atoms with Crippen LogP contribution in [-0.2, 0) is 10.2 Å². The van der Waals surface area contributed by atoms with Gasteiger partial charge in [0.2, 0.25) is 0 Å². The minimum absolute atomic E-state index is 0.0781. The first kappa shape index (κ1) is 12.1. The first-order valence-corrected chi connectivity index (χ1v) is 4.44. The smallest absolute Gasteiger partial charge is 0.313 e. The highest BCUT2D eigenvalue weighted by Crippen LogP contribution is 2.28. The van der Waals surface area contributed by atoms with Crippen LogP contribution < -0.4 is 0 Å². The Kier molecular flexibility index (Phi) is 2.93. The maximum absolute atomic E-state index is 13.5. The molecule has 0 aromatic heterocycles. The Labute approximate surface area is 90.7 Å². The average molecular weight is 227 g/mol. The van der Waals surface area contributed by atoms with Crippen molar-refractivity contribution in [1.82, 2.24) is 0 Å². The minimum Gasteiger partial charge on any atom is -0.481 e. The second-order valence-corrected chi connectivity index (χ2v) is 3.85. The lowest BCUT2D eigenvalue weighted by atomic mass is 9.84. The fourth-order valence-electron chi connectivity index (χ4n) is 1.24. The molecule has 0 aliphatic rings. The van der Waals surface area contributed by atoms with Crippen LogP contribution in [0.5, 0.6) is 0 Å². The summed E-state index contributed by atoms with van der Waals surface area (Å²) in [5.41, 5.74) is -1.90. The van der Waals surface area contributed by atoms with Gasteiger partial charge in [-0.2, -0.15) is 0 Å². The highest BCUT2D eigenvalue weighted by atomic mass is 19.1. The van der Waals surface area contributed by atoms with Crippen LogP contribution in [0.1, 0.15) is 19.4 Å². The van der Waals surface area contributed by atoms with Crippen LogP contribution in [0.25, 0.3) is 0 Å². The number of nitrogens with zero attached hydrogens (tertiary/aromatic N) is 1. The predicted octanol–water partition coefficient (Wildman–Crippen LogP) is 2.10. The van der Waals surface area contributed by atoms with E-state index in [1.54, 1.807) is 0 Å². The molecule has 0 aliphatic carbocycles. The number of aliphatic carboxylic acids is 1. The molecule has 86 valence electrons. The highest BCUT2D eigenvalue weighted by molar-refractivity contribution is 5.80. The third-order valence-electron chi connectivity index (χ3n) is 2.37. The molecule has 0 saturated heterocycles. The zero-order valence-corrected chi connectivity index (χ0v) is 8.73. The second kappa shape index (κ2) is 3.88. The average Bonchev–Trinajstić information content (AvgIpc) is 2.16. The summed E-state index contributed by atoms with van der Waals surface area (Å²) in [4.78, 5) is 20.5. The molecule has 1 aromatic rings. The summed E-state index contributed by atoms with van der Waals surface area (Å²) in [6, 6.07) is 2.94. The summed E-state index contributed by atoms with van der Waals surface area (Å²) >= 11 is 0. The van der Waals surface area contributed by atoms with Crippen LogP contribution in [-0.4, -0.2) is 16.0 Å². The summed E-state index contributed by atoms with van der Waals surface area (Å²) < 4.78 is 13.5. The van der Waals surface area contributed by atoms with Crippen molar-refractivity contribution >= 4 is 11.7 Å². The quantitative estimate of drug-likeness (QED) is 0.633. The van der Waals surface area contributed by atoms with E-state index in [0.717, 1.165) is 18.2 Å². The molecule has 6 heteroatoms. The zero-order valence-electron chi connectivity index (χ0n) is 8.73. The van der Waals surface area contributed by atoms with E-state index >= 15 is 0 Å². The molecule has 0 radical (unpaired) electrons. The lowest BCUT2D eigenvalue weighted by Gasteiger charge is -2.19. The Bertz CT molecular complexity index is 456. The SMILES string of the molecule is CC(C)(C(=O)O)c1ccc([N+](=O)[O-])cc1F. The molecular weight excluding hydrogens is 217 g/mol. The van der Waals surface area contributed by atoms with Crippen LogP contribution in [0.2, 0.25) is 0 Å². The van der Waals surface area contributed by atoms with Crippen LogP contribution in [0.4, 0.5) is 10.1 Å². The van der Waals surface area contributed by atoms with Gasteiger partial charge in [0.1, 0.15) is 5.82 Å². The van der Waals surface area contributed by atoms with Gasteiger partial charge in [0.25, 0.3) is 5.69 Å². The molecule has 1 N–H and O–H groups in total. The van der Waals surface area contributed by atoms with Gasteiger partial charge in [0.15, 0.2) is 0 Å². The number of hydrogen-bond donors (Lipinski definition) is 1. The molecule has 5 nitrogen and oxygen atoms in total. The van der Waals surface area contributed by atoms with Gasteiger partial charge >= 0.3 is 5.97 Å². The summed E-state index contributed by atoms with van der Waals surface area (Å²) in [5.74, 6) is -2.08. The molecule has 0 bridgehead atoms. The molecule has 0 atom stereocenters. The van der Waals surface area contributed by atoms with Crippen LogP contribution >= 0.6 is 0 Å². The number of carboxylic acids is 1. The molecule has 0 spiro atoms. The van der Waals surface area contributed by atoms with Crippen molar-refractivity contribution in [1.29, 1.82) is 0 Å². The molecule has 0 aliphatic heterocycles. The Morgan fingerprint density at radius 3 is 2.44 bits per heavy atom. The maximum atomic E-state index is 13.5. The van der Waals surface area contributed by atoms with Crippen LogP contribution in [0.3, 0.4) is 0 Å². The van der Waals surface area contributed by atoms with E-state index in [-0.39, 0.29) is 5.56 Å². The van der Waals surface area contributed by atoms with E-state index in [0.29, 0.717) is 0 Å². The highest BCUT2D eigenvalue weighted by Gasteiger charge is 2.32. The lowest BCUT2D eigenvalue weighted by molar-refractivity contribution is -0.385. The molecule has 0 saturated carbocycles. The zero-order chi connectivity index (χ0) is 12.5. The number of carboxylic acid groups (broad SMARTS) is 1. The number of nitro benzene ring substituents is 1. The van der Waals surface area contributed by atoms with E-state index in [2.05, 4.69) is 0 Å². The van der Waals surface area contributed by atoms with Crippen molar-refractivity contribution in [3.63, 3.8) is 0 Å². The molecule has 0 unspecified atom stereocenters. The van der Waals surface area contributed by atoms with Gasteiger partial charge in [-0.25, -0.2) is 4.39 Å². The number of rotatable bonds is 3. The van der Waals surface area contributed by atoms with Gasteiger partial charge in [0.05, 0.1) is 16.4 Å². The summed E-state index contributed by atoms with van der Waals surface area (Å²) in [7, 11) is 0. The molecule has 1 aromatic carbocycles. The summed E-state index contributed by atoms with van der Waals surface area (Å²) in [6.07, 6.45) is 0. The van der Waals surface area contributed by atoms with Crippen LogP contribution in [0, 0.1) is 15.9 Å². The normalized spacial score (nSPS) is 11.2. The van der Waals surface area contributed by atoms with E-state index in [1.807, 2.05) is 0 Å². The first-order chi connectivity index (χ1) is 7.26. The van der Waals surface area contributed by atoms with Gasteiger partial charge < -0.3 is 5.11 Å². The molecule has 0 amide bonds. The number of carbonyl (C=O) groups is 1. The second-order valence-electron chi connectivity index (χ2n) is 3.85. The van der Waals surface area contributed by atoms with Gasteiger partial charge in [0, 0.05) is 11.6 Å². The fraction of sp³-hybridized carbons (Fsp3) is 0.300. The molecule has 16 heavy (non-hydrogen) atoms. The van der Waals surface area contributed by atoms with E-state index in [4.69, 9.17) is 5.11 Å². The molecule has 0 heterocycles. The number of hydrogen-bond acceptors (Lipinski definition) is 3. The molecule has 0 fully saturated rings. The number of non-ortho nitro benzene ring substituents is 1. The Morgan fingerprint density at radius 2 is 2.06 bits per heavy atom. The van der Waals surface area contributed by atoms with Crippen molar-refractivity contribution in [3.05, 3.63) is 39.7 Å². The van der Waals surface area contributed by atoms with E-state index < -0.39 is 27.8 Å². The van der Waals surface area contributed by atoms with Gasteiger partial charge in [-0.05, 0) is 19.9 Å². The van der Waals surface area contributed by atoms with Crippen molar-refractivity contribution in [2.24, 2.45) is 0 Å². The van der Waals surface area contributed by atoms with E-state index in [9.17, 15) is 19.3 Å². The number of halogens is 1. The minimum atomic E-state index is -1.42. The Hall–Kier alpha value is -1.98. The predicted molar refractivity (Wildman–Crippen MR) is 53.7 cm³/mol. The van der Waals surface area contributed by atoms with Gasteiger partial charge in [-0.3, -0.25) is 14.9 Å². The Morgan fingerprint density at radius 1 is 1.50 bits per heavy atom. The third-order valence-corrected chi connectivity index (χ3v) is 2.37. The standard InChI is InChI=1S/C10H10FNO4/c1-10(2,9(13)14)7-4-3-6(12(15)16)5-8(7)11/h3-5H,1-2H3,(H,13,14). The Balaban J connectivity index is 3.28. The topological polar surface area (TPSA) is 80.4 Å². The number of benzene rings is 1. The van der Waals surface area contributed by atoms with Crippen molar-refractivity contribution in [2.45, 2.75) is 19.3 Å². The van der Waals surface area contributed by atoms with Crippen molar-refractivity contribution in [3.8, 4) is 0 Å². The monoisotopic (exact) mass is 227 g/mol. The van der Waals surface area contributed by atoms with Crippen molar-refractivity contribution < 1.29 is 19.2 Å². The van der Waals surface area contributed by atoms with Gasteiger partial charge in [-0.15, -0.1) is 0 Å². The largest absolute Gasteiger partial charge is 0.481 e. The maximum Gasteiger partial charge on any atom is 0.313 e. The lowest BCUT2D eigenvalue weighted by Crippen LogP contribution is -2.29. The van der Waals surface area contributed by atoms with Crippen molar-refractivity contribution in [2.75, 3.05) is 0 Å². The summed E-state index contributed by atoms with van der Waals surface area (Å²) in [5, 5.41) is 19.3. The molecule has 1 rings (SSSR count). The number of nitro groups is 1.